The van der Waals surface area contributed by atoms with Crippen LogP contribution in [0, 0.1) is 0 Å². The van der Waals surface area contributed by atoms with Gasteiger partial charge in [0.05, 0.1) is 0 Å². The fourth-order valence-electron chi connectivity index (χ4n) is 1.19. The van der Waals surface area contributed by atoms with Gasteiger partial charge in [0.2, 0.25) is 0 Å². The molecule has 0 saturated carbocycles. The van der Waals surface area contributed by atoms with Crippen LogP contribution < -0.4 is 11.5 Å². The molecule has 0 fully saturated rings. The van der Waals surface area contributed by atoms with E-state index in [4.69, 9.17) is 11.5 Å². The van der Waals surface area contributed by atoms with Gasteiger partial charge in [-0.2, -0.15) is 0 Å². The molecule has 3 nitrogen and oxygen atoms in total. The second-order valence-electron chi connectivity index (χ2n) is 2.86. The van der Waals surface area contributed by atoms with Gasteiger partial charge < -0.3 is 11.5 Å². The Kier molecular flexibility index (Phi) is 4.04. The van der Waals surface area contributed by atoms with Crippen molar-refractivity contribution in [3.05, 3.63) is 47.5 Å². The summed E-state index contributed by atoms with van der Waals surface area (Å²) in [4.78, 5) is 11.8. The van der Waals surface area contributed by atoms with E-state index in [1.807, 2.05) is 18.2 Å². The number of carbonyl (C=O) groups excluding carboxylic acids is 1. The van der Waals surface area contributed by atoms with Gasteiger partial charge in [0.1, 0.15) is 0 Å². The first-order valence-corrected chi connectivity index (χ1v) is 4.48. The summed E-state index contributed by atoms with van der Waals surface area (Å²) in [6.45, 7) is 0.566. The molecule has 0 aliphatic rings. The first-order chi connectivity index (χ1) is 6.79. The van der Waals surface area contributed by atoms with E-state index in [-0.39, 0.29) is 12.3 Å². The van der Waals surface area contributed by atoms with Crippen molar-refractivity contribution < 1.29 is 4.79 Å². The standard InChI is InChI=1S/C11H14N2O/c12-7-6-10(8-13)11(14)9-4-2-1-3-5-9/h1-6H,7-8,12-13H2/b10-6+. The molecule has 0 aliphatic heterocycles. The van der Waals surface area contributed by atoms with Crippen LogP contribution in [-0.2, 0) is 0 Å². The monoisotopic (exact) mass is 190 g/mol. The van der Waals surface area contributed by atoms with E-state index >= 15 is 0 Å². The minimum absolute atomic E-state index is 0.0430. The Morgan fingerprint density at radius 1 is 1.21 bits per heavy atom. The Hall–Kier alpha value is -1.45. The molecule has 0 amide bonds. The number of rotatable bonds is 4. The van der Waals surface area contributed by atoms with Crippen molar-refractivity contribution in [1.29, 1.82) is 0 Å². The first-order valence-electron chi connectivity index (χ1n) is 4.48. The fourth-order valence-corrected chi connectivity index (χ4v) is 1.19. The highest BCUT2D eigenvalue weighted by Crippen LogP contribution is 2.06. The van der Waals surface area contributed by atoms with Crippen LogP contribution in [0.15, 0.2) is 42.0 Å². The zero-order valence-corrected chi connectivity index (χ0v) is 7.94. The Labute approximate surface area is 83.4 Å². The Bertz CT molecular complexity index is 330. The summed E-state index contributed by atoms with van der Waals surface area (Å²) in [5, 5.41) is 0. The smallest absolute Gasteiger partial charge is 0.190 e. The third-order valence-corrected chi connectivity index (χ3v) is 1.91. The van der Waals surface area contributed by atoms with Gasteiger partial charge in [-0.1, -0.05) is 36.4 Å². The van der Waals surface area contributed by atoms with Gasteiger partial charge >= 0.3 is 0 Å². The van der Waals surface area contributed by atoms with Crippen LogP contribution in [0.5, 0.6) is 0 Å². The summed E-state index contributed by atoms with van der Waals surface area (Å²) in [5.41, 5.74) is 12.0. The second-order valence-corrected chi connectivity index (χ2v) is 2.86. The lowest BCUT2D eigenvalue weighted by atomic mass is 10.0. The topological polar surface area (TPSA) is 69.1 Å². The van der Waals surface area contributed by atoms with Crippen LogP contribution in [0.2, 0.25) is 0 Å². The van der Waals surface area contributed by atoms with Gasteiger partial charge in [-0.25, -0.2) is 0 Å². The van der Waals surface area contributed by atoms with Crippen molar-refractivity contribution >= 4 is 5.78 Å². The molecule has 0 radical (unpaired) electrons. The predicted molar refractivity (Wildman–Crippen MR) is 57.0 cm³/mol. The number of ketones is 1. The average molecular weight is 190 g/mol. The van der Waals surface area contributed by atoms with Crippen LogP contribution in [0.4, 0.5) is 0 Å². The lowest BCUT2D eigenvalue weighted by molar-refractivity contribution is 0.103. The zero-order chi connectivity index (χ0) is 10.4. The van der Waals surface area contributed by atoms with Crippen molar-refractivity contribution in [3.8, 4) is 0 Å². The minimum atomic E-state index is -0.0430. The number of carbonyl (C=O) groups is 1. The molecule has 74 valence electrons. The summed E-state index contributed by atoms with van der Waals surface area (Å²) < 4.78 is 0. The fraction of sp³-hybridized carbons (Fsp3) is 0.182. The van der Waals surface area contributed by atoms with Gasteiger partial charge in [-0.05, 0) is 0 Å². The Balaban J connectivity index is 2.90. The second kappa shape index (κ2) is 5.32. The van der Waals surface area contributed by atoms with E-state index in [9.17, 15) is 4.79 Å². The maximum atomic E-state index is 11.8. The van der Waals surface area contributed by atoms with E-state index in [2.05, 4.69) is 0 Å². The van der Waals surface area contributed by atoms with Crippen molar-refractivity contribution in [3.63, 3.8) is 0 Å². The summed E-state index contributed by atoms with van der Waals surface area (Å²) >= 11 is 0. The largest absolute Gasteiger partial charge is 0.327 e. The Morgan fingerprint density at radius 2 is 1.86 bits per heavy atom. The summed E-state index contributed by atoms with van der Waals surface area (Å²) in [5.74, 6) is -0.0430. The molecule has 1 rings (SSSR count). The lowest BCUT2D eigenvalue weighted by Crippen LogP contribution is -2.14. The maximum Gasteiger partial charge on any atom is 0.190 e. The number of hydrogen-bond donors (Lipinski definition) is 2. The minimum Gasteiger partial charge on any atom is -0.327 e. The SMILES string of the molecule is NC/C=C(\CN)C(=O)c1ccccc1. The van der Waals surface area contributed by atoms with Gasteiger partial charge in [0.15, 0.2) is 5.78 Å². The molecule has 0 bridgehead atoms. The molecule has 0 spiro atoms. The van der Waals surface area contributed by atoms with Gasteiger partial charge in [-0.3, -0.25) is 4.79 Å². The first kappa shape index (κ1) is 10.6. The zero-order valence-electron chi connectivity index (χ0n) is 7.94. The van der Waals surface area contributed by atoms with E-state index in [0.29, 0.717) is 17.7 Å². The molecular weight excluding hydrogens is 176 g/mol. The third-order valence-electron chi connectivity index (χ3n) is 1.91. The van der Waals surface area contributed by atoms with Crippen LogP contribution in [0.1, 0.15) is 10.4 Å². The van der Waals surface area contributed by atoms with E-state index < -0.39 is 0 Å². The van der Waals surface area contributed by atoms with Gasteiger partial charge in [0.25, 0.3) is 0 Å². The van der Waals surface area contributed by atoms with Crippen molar-refractivity contribution in [2.45, 2.75) is 0 Å². The molecular formula is C11H14N2O. The average Bonchev–Trinajstić information content (AvgIpc) is 2.26. The van der Waals surface area contributed by atoms with Crippen LogP contribution >= 0.6 is 0 Å². The molecule has 0 unspecified atom stereocenters. The normalized spacial score (nSPS) is 11.4. The van der Waals surface area contributed by atoms with Crippen LogP contribution in [0.25, 0.3) is 0 Å². The number of nitrogens with two attached hydrogens (primary N) is 2. The molecule has 1 aromatic rings. The summed E-state index contributed by atoms with van der Waals surface area (Å²) in [6.07, 6.45) is 1.66. The molecule has 14 heavy (non-hydrogen) atoms. The quantitative estimate of drug-likeness (QED) is 0.542. The molecule has 4 N–H and O–H groups in total. The molecule has 0 aromatic heterocycles. The maximum absolute atomic E-state index is 11.8. The van der Waals surface area contributed by atoms with Crippen molar-refractivity contribution in [2.24, 2.45) is 11.5 Å². The summed E-state index contributed by atoms with van der Waals surface area (Å²) in [7, 11) is 0. The highest BCUT2D eigenvalue weighted by atomic mass is 16.1. The van der Waals surface area contributed by atoms with Crippen molar-refractivity contribution in [2.75, 3.05) is 13.1 Å². The van der Waals surface area contributed by atoms with E-state index in [1.165, 1.54) is 0 Å². The molecule has 0 saturated heterocycles. The highest BCUT2D eigenvalue weighted by Gasteiger charge is 2.08. The van der Waals surface area contributed by atoms with Gasteiger partial charge in [-0.15, -0.1) is 0 Å². The predicted octanol–water partition coefficient (Wildman–Crippen LogP) is 0.713. The van der Waals surface area contributed by atoms with Crippen molar-refractivity contribution in [1.82, 2.24) is 0 Å². The number of benzene rings is 1. The van der Waals surface area contributed by atoms with Gasteiger partial charge in [0, 0.05) is 24.2 Å². The molecule has 1 aromatic carbocycles. The van der Waals surface area contributed by atoms with E-state index in [0.717, 1.165) is 0 Å². The molecule has 0 aliphatic carbocycles. The number of Topliss-reactive ketones (excluding diaryl/α,β-unsaturated/α-hetero) is 1. The molecule has 0 heterocycles. The summed E-state index contributed by atoms with van der Waals surface area (Å²) in [6, 6.07) is 9.05. The van der Waals surface area contributed by atoms with Crippen LogP contribution in [-0.4, -0.2) is 18.9 Å². The number of hydrogen-bond acceptors (Lipinski definition) is 3. The highest BCUT2D eigenvalue weighted by molar-refractivity contribution is 6.08. The Morgan fingerprint density at radius 3 is 2.36 bits per heavy atom. The molecule has 0 atom stereocenters. The van der Waals surface area contributed by atoms with Crippen LogP contribution in [0.3, 0.4) is 0 Å². The third kappa shape index (κ3) is 2.52. The lowest BCUT2D eigenvalue weighted by Gasteiger charge is -2.02. The van der Waals surface area contributed by atoms with E-state index in [1.54, 1.807) is 18.2 Å². The molecule has 3 heteroatoms.